The first-order chi connectivity index (χ1) is 16.0. The van der Waals surface area contributed by atoms with Crippen LogP contribution in [0.4, 0.5) is 14.6 Å². The Balaban J connectivity index is 1.63. The maximum atomic E-state index is 13.7. The van der Waals surface area contributed by atoms with Gasteiger partial charge in [0.15, 0.2) is 0 Å². The zero-order valence-corrected chi connectivity index (χ0v) is 19.9. The highest BCUT2D eigenvalue weighted by Gasteiger charge is 2.49. The van der Waals surface area contributed by atoms with E-state index in [2.05, 4.69) is 4.98 Å². The molecule has 2 aromatic rings. The van der Waals surface area contributed by atoms with Gasteiger partial charge in [0.1, 0.15) is 18.4 Å². The van der Waals surface area contributed by atoms with Crippen molar-refractivity contribution in [3.63, 3.8) is 0 Å². The first kappa shape index (κ1) is 24.1. The van der Waals surface area contributed by atoms with Crippen molar-refractivity contribution in [3.8, 4) is 0 Å². The molecule has 180 valence electrons. The minimum atomic E-state index is -2.97. The van der Waals surface area contributed by atoms with Gasteiger partial charge in [0, 0.05) is 51.2 Å². The molecule has 3 amide bonds. The van der Waals surface area contributed by atoms with Crippen LogP contribution in [-0.2, 0) is 26.9 Å². The molecule has 1 aromatic heterocycles. The Morgan fingerprint density at radius 1 is 1.21 bits per heavy atom. The zero-order chi connectivity index (χ0) is 24.8. The Labute approximate surface area is 201 Å². The average Bonchev–Trinajstić information content (AvgIpc) is 2.71. The summed E-state index contributed by atoms with van der Waals surface area (Å²) in [6.07, 6.45) is 1.43. The van der Waals surface area contributed by atoms with Gasteiger partial charge in [0.2, 0.25) is 11.8 Å². The molecule has 2 saturated heterocycles. The third-order valence-corrected chi connectivity index (χ3v) is 6.56. The van der Waals surface area contributed by atoms with Gasteiger partial charge in [-0.1, -0.05) is 35.9 Å². The monoisotopic (exact) mass is 490 g/mol. The van der Waals surface area contributed by atoms with Crippen LogP contribution in [0.15, 0.2) is 36.5 Å². The number of hydrogen-bond acceptors (Lipinski definition) is 4. The van der Waals surface area contributed by atoms with E-state index < -0.39 is 12.0 Å². The maximum absolute atomic E-state index is 13.7. The number of aryl methyl sites for hydroxylation is 1. The van der Waals surface area contributed by atoms with Gasteiger partial charge in [-0.05, 0) is 24.1 Å². The van der Waals surface area contributed by atoms with Crippen molar-refractivity contribution in [1.82, 2.24) is 14.8 Å². The van der Waals surface area contributed by atoms with Crippen molar-refractivity contribution in [1.29, 1.82) is 0 Å². The molecule has 7 nitrogen and oxygen atoms in total. The molecule has 0 aliphatic carbocycles. The molecular weight excluding hydrogens is 466 g/mol. The van der Waals surface area contributed by atoms with Gasteiger partial charge in [-0.2, -0.15) is 0 Å². The Hall–Kier alpha value is -3.07. The fourth-order valence-corrected chi connectivity index (χ4v) is 4.67. The maximum Gasteiger partial charge on any atom is 0.270 e. The van der Waals surface area contributed by atoms with Gasteiger partial charge in [-0.3, -0.25) is 19.3 Å². The van der Waals surface area contributed by atoms with E-state index in [1.165, 1.54) is 35.1 Å². The Bertz CT molecular complexity index is 1130. The van der Waals surface area contributed by atoms with Gasteiger partial charge >= 0.3 is 0 Å². The lowest BCUT2D eigenvalue weighted by atomic mass is 9.87. The normalized spacial score (nSPS) is 19.5. The second-order valence-corrected chi connectivity index (χ2v) is 9.39. The molecule has 0 saturated carbocycles. The third-order valence-electron chi connectivity index (χ3n) is 6.36. The van der Waals surface area contributed by atoms with E-state index in [4.69, 9.17) is 11.6 Å². The molecule has 0 N–H and O–H groups in total. The van der Waals surface area contributed by atoms with Crippen molar-refractivity contribution in [2.75, 3.05) is 24.5 Å². The van der Waals surface area contributed by atoms with E-state index in [1.54, 1.807) is 30.0 Å². The minimum Gasteiger partial charge on any atom is -0.342 e. The first-order valence-corrected chi connectivity index (χ1v) is 11.3. The summed E-state index contributed by atoms with van der Waals surface area (Å²) in [6, 6.07) is 6.61. The second kappa shape index (κ2) is 8.94. The number of anilines is 1. The van der Waals surface area contributed by atoms with Crippen LogP contribution in [0.5, 0.6) is 0 Å². The van der Waals surface area contributed by atoms with Crippen molar-refractivity contribution < 1.29 is 23.2 Å². The average molecular weight is 491 g/mol. The number of halogens is 3. The van der Waals surface area contributed by atoms with Gasteiger partial charge < -0.3 is 9.80 Å². The molecule has 2 aliphatic rings. The number of benzene rings is 1. The number of carbonyl (C=O) groups is 3. The van der Waals surface area contributed by atoms with E-state index in [0.29, 0.717) is 35.1 Å². The van der Waals surface area contributed by atoms with Crippen molar-refractivity contribution in [3.05, 3.63) is 58.2 Å². The molecule has 2 aliphatic heterocycles. The van der Waals surface area contributed by atoms with E-state index in [9.17, 15) is 23.2 Å². The molecule has 4 rings (SSSR count). The van der Waals surface area contributed by atoms with Gasteiger partial charge in [0.05, 0.1) is 5.02 Å². The fourth-order valence-electron chi connectivity index (χ4n) is 4.46. The molecular formula is C24H25ClF2N4O3. The lowest BCUT2D eigenvalue weighted by Gasteiger charge is -2.49. The van der Waals surface area contributed by atoms with E-state index in [-0.39, 0.29) is 42.3 Å². The number of alkyl halides is 2. The summed E-state index contributed by atoms with van der Waals surface area (Å²) in [4.78, 5) is 47.4. The number of pyridine rings is 1. The lowest BCUT2D eigenvalue weighted by Crippen LogP contribution is -2.68. The summed E-state index contributed by atoms with van der Waals surface area (Å²) >= 11 is 6.00. The predicted molar refractivity (Wildman–Crippen MR) is 122 cm³/mol. The van der Waals surface area contributed by atoms with Crippen LogP contribution in [0.3, 0.4) is 0 Å². The van der Waals surface area contributed by atoms with Crippen molar-refractivity contribution in [2.24, 2.45) is 5.92 Å². The molecule has 10 heteroatoms. The van der Waals surface area contributed by atoms with Gasteiger partial charge in [-0.15, -0.1) is 0 Å². The van der Waals surface area contributed by atoms with Crippen molar-refractivity contribution in [2.45, 2.75) is 39.3 Å². The molecule has 34 heavy (non-hydrogen) atoms. The van der Waals surface area contributed by atoms with Crippen LogP contribution in [0.1, 0.15) is 30.5 Å². The predicted octanol–water partition coefficient (Wildman–Crippen LogP) is 3.38. The summed E-state index contributed by atoms with van der Waals surface area (Å²) in [5.41, 5.74) is 1.17. The second-order valence-electron chi connectivity index (χ2n) is 8.95. The highest BCUT2D eigenvalue weighted by atomic mass is 35.5. The standard InChI is InChI=1S/C24H25ClF2N4O3/c1-14-8-19(25)9-28-22(14)31-13-20(33)30(10-16-4-6-18(7-5-16)24(3,26)27)21(23(31)34)17-11-29(12-17)15(2)32/h4-9,17,21H,10-13H2,1-3H3. The van der Waals surface area contributed by atoms with Crippen LogP contribution in [0, 0.1) is 12.8 Å². The van der Waals surface area contributed by atoms with E-state index >= 15 is 0 Å². The number of rotatable bonds is 5. The summed E-state index contributed by atoms with van der Waals surface area (Å²) in [5, 5.41) is 0.424. The quantitative estimate of drug-likeness (QED) is 0.644. The van der Waals surface area contributed by atoms with Crippen LogP contribution in [0.2, 0.25) is 5.02 Å². The minimum absolute atomic E-state index is 0.0967. The summed E-state index contributed by atoms with van der Waals surface area (Å²) < 4.78 is 27.2. The summed E-state index contributed by atoms with van der Waals surface area (Å²) in [6.45, 7) is 4.67. The molecule has 1 atom stereocenters. The third kappa shape index (κ3) is 4.61. The Morgan fingerprint density at radius 3 is 2.41 bits per heavy atom. The van der Waals surface area contributed by atoms with Gasteiger partial charge in [-0.25, -0.2) is 13.8 Å². The smallest absolute Gasteiger partial charge is 0.270 e. The zero-order valence-electron chi connectivity index (χ0n) is 19.1. The number of piperazine rings is 1. The number of nitrogens with zero attached hydrogens (tertiary/aromatic N) is 4. The highest BCUT2D eigenvalue weighted by molar-refractivity contribution is 6.30. The molecule has 1 unspecified atom stereocenters. The van der Waals surface area contributed by atoms with Crippen LogP contribution in [0.25, 0.3) is 0 Å². The fraction of sp³-hybridized carbons (Fsp3) is 0.417. The molecule has 0 bridgehead atoms. The van der Waals surface area contributed by atoms with E-state index in [1.807, 2.05) is 0 Å². The van der Waals surface area contributed by atoms with Crippen LogP contribution >= 0.6 is 11.6 Å². The molecule has 2 fully saturated rings. The molecule has 0 spiro atoms. The Morgan fingerprint density at radius 2 is 1.85 bits per heavy atom. The number of aromatic nitrogens is 1. The lowest BCUT2D eigenvalue weighted by molar-refractivity contribution is -0.152. The Kier molecular flexibility index (Phi) is 6.33. The van der Waals surface area contributed by atoms with Crippen LogP contribution < -0.4 is 4.90 Å². The first-order valence-electron chi connectivity index (χ1n) is 10.9. The van der Waals surface area contributed by atoms with Crippen LogP contribution in [-0.4, -0.2) is 58.2 Å². The highest BCUT2D eigenvalue weighted by Crippen LogP contribution is 2.32. The molecule has 1 aromatic carbocycles. The number of carbonyl (C=O) groups excluding carboxylic acids is 3. The molecule has 0 radical (unpaired) electrons. The summed E-state index contributed by atoms with van der Waals surface area (Å²) in [5.74, 6) is -3.51. The van der Waals surface area contributed by atoms with E-state index in [0.717, 1.165) is 6.92 Å². The van der Waals surface area contributed by atoms with Crippen molar-refractivity contribution >= 4 is 35.1 Å². The number of likely N-dealkylation sites (tertiary alicyclic amines) is 1. The SMILES string of the molecule is CC(=O)N1CC(C2C(=O)N(c3ncc(Cl)cc3C)CC(=O)N2Cc2ccc(C(C)(F)F)cc2)C1. The largest absolute Gasteiger partial charge is 0.342 e. The number of hydrogen-bond donors (Lipinski definition) is 0. The number of amides is 3. The topological polar surface area (TPSA) is 73.8 Å². The molecule has 3 heterocycles. The van der Waals surface area contributed by atoms with Gasteiger partial charge in [0.25, 0.3) is 11.8 Å². The summed E-state index contributed by atoms with van der Waals surface area (Å²) in [7, 11) is 0.